The molecule has 0 bridgehead atoms. The van der Waals surface area contributed by atoms with Gasteiger partial charge in [0.15, 0.2) is 0 Å². The van der Waals surface area contributed by atoms with Gasteiger partial charge in [0.2, 0.25) is 0 Å². The van der Waals surface area contributed by atoms with Gasteiger partial charge in [-0.25, -0.2) is 0 Å². The third kappa shape index (κ3) is 3.25. The molecule has 2 aromatic rings. The molecule has 3 rings (SSSR count). The second-order valence-electron chi connectivity index (χ2n) is 4.92. The van der Waals surface area contributed by atoms with E-state index in [1.807, 2.05) is 0 Å². The lowest BCUT2D eigenvalue weighted by molar-refractivity contribution is 0.758. The molecule has 110 valence electrons. The molecule has 1 aromatic heterocycles. The summed E-state index contributed by atoms with van der Waals surface area (Å²) in [5.74, 6) is 0.587. The fourth-order valence-corrected chi connectivity index (χ4v) is 3.74. The summed E-state index contributed by atoms with van der Waals surface area (Å²) in [7, 11) is 0. The normalized spacial score (nSPS) is 18.7. The Morgan fingerprint density at radius 3 is 2.86 bits per heavy atom. The van der Waals surface area contributed by atoms with Gasteiger partial charge in [-0.1, -0.05) is 24.3 Å². The molecular formula is C16H16Cl2N2S. The third-order valence-electron chi connectivity index (χ3n) is 3.47. The fraction of sp³-hybridized carbons (Fsp3) is 0.312. The topological polar surface area (TPSA) is 15.6 Å². The number of hydrogen-bond acceptors (Lipinski definition) is 3. The smallest absolute Gasteiger partial charge is 0.0840 e. The third-order valence-corrected chi connectivity index (χ3v) is 4.80. The van der Waals surface area contributed by atoms with Gasteiger partial charge in [-0.2, -0.15) is 0 Å². The second-order valence-corrected chi connectivity index (χ2v) is 6.86. The van der Waals surface area contributed by atoms with Gasteiger partial charge in [0.1, 0.15) is 0 Å². The summed E-state index contributed by atoms with van der Waals surface area (Å²) in [4.78, 5) is 8.22. The number of nitrogens with zero attached hydrogens (tertiary/aromatic N) is 2. The predicted molar refractivity (Wildman–Crippen MR) is 93.8 cm³/mol. The van der Waals surface area contributed by atoms with Gasteiger partial charge in [-0.05, 0) is 17.5 Å². The van der Waals surface area contributed by atoms with Crippen LogP contribution in [0.2, 0.25) is 0 Å². The summed E-state index contributed by atoms with van der Waals surface area (Å²) < 4.78 is 0. The molecular weight excluding hydrogens is 323 g/mol. The van der Waals surface area contributed by atoms with E-state index < -0.39 is 0 Å². The van der Waals surface area contributed by atoms with Crippen molar-refractivity contribution >= 4 is 45.9 Å². The molecule has 1 atom stereocenters. The van der Waals surface area contributed by atoms with Crippen LogP contribution in [0.4, 0.5) is 5.69 Å². The number of rotatable bonds is 3. The van der Waals surface area contributed by atoms with Gasteiger partial charge in [-0.15, -0.1) is 34.5 Å². The van der Waals surface area contributed by atoms with Crippen molar-refractivity contribution in [2.75, 3.05) is 30.4 Å². The maximum Gasteiger partial charge on any atom is 0.0840 e. The molecule has 0 saturated heterocycles. The number of fused-ring (bicyclic) bond motifs is 1. The van der Waals surface area contributed by atoms with Gasteiger partial charge in [-0.3, -0.25) is 4.99 Å². The Morgan fingerprint density at radius 2 is 2.10 bits per heavy atom. The first-order valence-electron chi connectivity index (χ1n) is 6.92. The molecule has 0 aliphatic carbocycles. The SMILES string of the molecule is ClCCN1CC(Cl)CN=C(c2cccs2)c2ccccc21. The van der Waals surface area contributed by atoms with Gasteiger partial charge in [0.25, 0.3) is 0 Å². The molecule has 2 heterocycles. The van der Waals surface area contributed by atoms with Crippen LogP contribution in [-0.4, -0.2) is 36.6 Å². The second kappa shape index (κ2) is 6.82. The Hall–Kier alpha value is -1.03. The summed E-state index contributed by atoms with van der Waals surface area (Å²) in [6, 6.07) is 12.5. The zero-order valence-corrected chi connectivity index (χ0v) is 13.8. The molecule has 0 radical (unpaired) electrons. The maximum absolute atomic E-state index is 6.43. The van der Waals surface area contributed by atoms with Crippen molar-refractivity contribution in [2.24, 2.45) is 4.99 Å². The first kappa shape index (κ1) is 14.9. The maximum atomic E-state index is 6.43. The number of alkyl halides is 2. The van der Waals surface area contributed by atoms with Crippen LogP contribution in [0.15, 0.2) is 46.8 Å². The largest absolute Gasteiger partial charge is 0.368 e. The summed E-state index contributed by atoms with van der Waals surface area (Å²) in [6.07, 6.45) is 0. The molecule has 1 aliphatic heterocycles. The van der Waals surface area contributed by atoms with Crippen molar-refractivity contribution in [3.63, 3.8) is 0 Å². The minimum absolute atomic E-state index is 0.00321. The highest BCUT2D eigenvalue weighted by Crippen LogP contribution is 2.28. The van der Waals surface area contributed by atoms with Crippen molar-refractivity contribution in [1.29, 1.82) is 0 Å². The number of halogens is 2. The summed E-state index contributed by atoms with van der Waals surface area (Å²) in [5, 5.41) is 2.07. The predicted octanol–water partition coefficient (Wildman–Crippen LogP) is 4.25. The van der Waals surface area contributed by atoms with E-state index in [2.05, 4.69) is 46.7 Å². The van der Waals surface area contributed by atoms with E-state index in [4.69, 9.17) is 28.2 Å². The van der Waals surface area contributed by atoms with Crippen molar-refractivity contribution < 1.29 is 0 Å². The van der Waals surface area contributed by atoms with Crippen LogP contribution in [0.3, 0.4) is 0 Å². The molecule has 0 N–H and O–H groups in total. The zero-order valence-electron chi connectivity index (χ0n) is 11.5. The van der Waals surface area contributed by atoms with Gasteiger partial charge >= 0.3 is 0 Å². The number of para-hydroxylation sites is 1. The van der Waals surface area contributed by atoms with Gasteiger partial charge in [0, 0.05) is 30.2 Å². The molecule has 5 heteroatoms. The van der Waals surface area contributed by atoms with Crippen LogP contribution < -0.4 is 4.90 Å². The lowest BCUT2D eigenvalue weighted by Crippen LogP contribution is -2.35. The molecule has 1 aromatic carbocycles. The number of anilines is 1. The summed E-state index contributed by atoms with van der Waals surface area (Å²) >= 11 is 14.1. The van der Waals surface area contributed by atoms with Crippen molar-refractivity contribution in [3.8, 4) is 0 Å². The minimum atomic E-state index is -0.00321. The highest BCUT2D eigenvalue weighted by molar-refractivity contribution is 7.12. The van der Waals surface area contributed by atoms with Crippen LogP contribution in [0, 0.1) is 0 Å². The van der Waals surface area contributed by atoms with Crippen molar-refractivity contribution in [1.82, 2.24) is 0 Å². The summed E-state index contributed by atoms with van der Waals surface area (Å²) in [6.45, 7) is 2.19. The first-order chi connectivity index (χ1) is 10.3. The average Bonchev–Trinajstić information content (AvgIpc) is 3.00. The van der Waals surface area contributed by atoms with Gasteiger partial charge in [0.05, 0.1) is 22.5 Å². The van der Waals surface area contributed by atoms with Crippen molar-refractivity contribution in [2.45, 2.75) is 5.38 Å². The molecule has 0 saturated carbocycles. The Kier molecular flexibility index (Phi) is 4.84. The monoisotopic (exact) mass is 338 g/mol. The Bertz CT molecular complexity index is 625. The fourth-order valence-electron chi connectivity index (χ4n) is 2.56. The summed E-state index contributed by atoms with van der Waals surface area (Å²) in [5.41, 5.74) is 3.36. The molecule has 2 nitrogen and oxygen atoms in total. The van der Waals surface area contributed by atoms with Crippen LogP contribution in [0.25, 0.3) is 0 Å². The highest BCUT2D eigenvalue weighted by Gasteiger charge is 2.21. The lowest BCUT2D eigenvalue weighted by atomic mass is 10.0. The standard InChI is InChI=1S/C16H16Cl2N2S/c17-7-8-20-11-12(18)10-19-16(15-6-3-9-21-15)13-4-1-2-5-14(13)20/h1-6,9,12H,7-8,10-11H2. The molecule has 0 amide bonds. The number of hydrogen-bond donors (Lipinski definition) is 0. The number of thiophene rings is 1. The average molecular weight is 339 g/mol. The van der Waals surface area contributed by atoms with E-state index in [1.54, 1.807) is 11.3 Å². The Labute approximate surface area is 139 Å². The van der Waals surface area contributed by atoms with E-state index >= 15 is 0 Å². The van der Waals surface area contributed by atoms with Crippen LogP contribution in [0.1, 0.15) is 10.4 Å². The zero-order chi connectivity index (χ0) is 14.7. The van der Waals surface area contributed by atoms with E-state index in [1.165, 1.54) is 4.88 Å². The lowest BCUT2D eigenvalue weighted by Gasteiger charge is -2.30. The highest BCUT2D eigenvalue weighted by atomic mass is 35.5. The van der Waals surface area contributed by atoms with Gasteiger partial charge < -0.3 is 4.90 Å². The quantitative estimate of drug-likeness (QED) is 0.763. The molecule has 0 spiro atoms. The van der Waals surface area contributed by atoms with E-state index in [0.717, 1.165) is 30.1 Å². The van der Waals surface area contributed by atoms with E-state index in [-0.39, 0.29) is 5.38 Å². The van der Waals surface area contributed by atoms with E-state index in [0.29, 0.717) is 12.4 Å². The Balaban J connectivity index is 2.11. The van der Waals surface area contributed by atoms with Crippen LogP contribution >= 0.6 is 34.5 Å². The number of benzene rings is 1. The number of aliphatic imine (C=N–C) groups is 1. The van der Waals surface area contributed by atoms with Crippen molar-refractivity contribution in [3.05, 3.63) is 52.2 Å². The minimum Gasteiger partial charge on any atom is -0.368 e. The van der Waals surface area contributed by atoms with Crippen LogP contribution in [-0.2, 0) is 0 Å². The molecule has 0 fully saturated rings. The van der Waals surface area contributed by atoms with E-state index in [9.17, 15) is 0 Å². The van der Waals surface area contributed by atoms with Crippen LogP contribution in [0.5, 0.6) is 0 Å². The first-order valence-corrected chi connectivity index (χ1v) is 8.77. The molecule has 1 unspecified atom stereocenters. The molecule has 21 heavy (non-hydrogen) atoms. The molecule has 1 aliphatic rings. The Morgan fingerprint density at radius 1 is 1.24 bits per heavy atom.